The summed E-state index contributed by atoms with van der Waals surface area (Å²) >= 11 is 12.0. The molecule has 3 heterocycles. The molecule has 2 aromatic heterocycles. The molecular weight excluding hydrogens is 824 g/mol. The third-order valence-electron chi connectivity index (χ3n) is 9.37. The van der Waals surface area contributed by atoms with Crippen molar-refractivity contribution >= 4 is 79.6 Å². The Hall–Kier alpha value is -5.60. The Morgan fingerprint density at radius 1 is 0.931 bits per heavy atom. The lowest BCUT2D eigenvalue weighted by molar-refractivity contribution is -0.931. The van der Waals surface area contributed by atoms with Gasteiger partial charge in [0.2, 0.25) is 0 Å². The Morgan fingerprint density at radius 3 is 2.05 bits per heavy atom. The van der Waals surface area contributed by atoms with Crippen molar-refractivity contribution < 1.29 is 57.3 Å². The number of hydrogen-bond acceptors (Lipinski definition) is 12. The van der Waals surface area contributed by atoms with Gasteiger partial charge >= 0.3 is 11.9 Å². The maximum absolute atomic E-state index is 15.4. The predicted octanol–water partition coefficient (Wildman–Crippen LogP) is 0.995. The van der Waals surface area contributed by atoms with Crippen molar-refractivity contribution in [2.75, 3.05) is 43.7 Å². The van der Waals surface area contributed by atoms with Crippen molar-refractivity contribution in [1.29, 1.82) is 0 Å². The van der Waals surface area contributed by atoms with Gasteiger partial charge in [-0.05, 0) is 67.9 Å². The molecule has 0 bridgehead atoms. The van der Waals surface area contributed by atoms with E-state index in [2.05, 4.69) is 31.2 Å². The first-order valence-electron chi connectivity index (χ1n) is 17.5. The van der Waals surface area contributed by atoms with Crippen LogP contribution in [-0.4, -0.2) is 101 Å². The summed E-state index contributed by atoms with van der Waals surface area (Å²) in [5.41, 5.74) is 8.08. The Labute approximate surface area is 341 Å². The molecule has 0 radical (unpaired) electrons. The molecule has 4 aromatic rings. The molecule has 58 heavy (non-hydrogen) atoms. The second kappa shape index (κ2) is 20.2. The van der Waals surface area contributed by atoms with Gasteiger partial charge in [0.25, 0.3) is 10.0 Å². The van der Waals surface area contributed by atoms with E-state index >= 15 is 4.39 Å². The van der Waals surface area contributed by atoms with E-state index in [9.17, 15) is 37.8 Å². The maximum Gasteiger partial charge on any atom is 0.328 e. The van der Waals surface area contributed by atoms with E-state index in [1.54, 1.807) is 11.0 Å². The van der Waals surface area contributed by atoms with Gasteiger partial charge in [0.15, 0.2) is 0 Å². The lowest BCUT2D eigenvalue weighted by Gasteiger charge is -2.38. The van der Waals surface area contributed by atoms with Crippen LogP contribution in [0, 0.1) is 5.82 Å². The number of nitrogens with two attached hydrogens (primary N) is 1. The molecule has 1 saturated heterocycles. The number of hydrogen-bond donors (Lipinski definition) is 5. The highest BCUT2D eigenvalue weighted by Gasteiger charge is 2.32. The van der Waals surface area contributed by atoms with Crippen LogP contribution in [-0.2, 0) is 29.2 Å². The van der Waals surface area contributed by atoms with E-state index in [1.807, 2.05) is 6.20 Å². The van der Waals surface area contributed by atoms with Crippen molar-refractivity contribution in [2.45, 2.75) is 42.7 Å². The summed E-state index contributed by atoms with van der Waals surface area (Å²) in [6.07, 6.45) is 9.66. The largest absolute Gasteiger partial charge is 0.545 e. The Kier molecular flexibility index (Phi) is 15.7. The lowest BCUT2D eigenvalue weighted by atomic mass is 9.89. The molecular formula is C37H39Cl2FN7O10S-. The first-order valence-corrected chi connectivity index (χ1v) is 19.8. The van der Waals surface area contributed by atoms with Gasteiger partial charge in [0, 0.05) is 60.9 Å². The zero-order chi connectivity index (χ0) is 42.7. The van der Waals surface area contributed by atoms with Gasteiger partial charge in [-0.1, -0.05) is 29.3 Å². The highest BCUT2D eigenvalue weighted by molar-refractivity contribution is 7.92. The number of carboxylic acids is 4. The van der Waals surface area contributed by atoms with Gasteiger partial charge < -0.3 is 45.2 Å². The first-order chi connectivity index (χ1) is 27.4. The minimum atomic E-state index is -4.16. The van der Waals surface area contributed by atoms with Crippen molar-refractivity contribution in [3.63, 3.8) is 0 Å². The summed E-state index contributed by atoms with van der Waals surface area (Å²) in [5, 5.41) is 35.3. The van der Waals surface area contributed by atoms with Crippen LogP contribution in [0.4, 0.5) is 15.9 Å². The monoisotopic (exact) mass is 862 g/mol. The number of aromatic nitrogens is 3. The first kappa shape index (κ1) is 45.1. The zero-order valence-electron chi connectivity index (χ0n) is 30.8. The van der Waals surface area contributed by atoms with Crippen LogP contribution < -0.4 is 25.6 Å². The highest BCUT2D eigenvalue weighted by atomic mass is 35.5. The average Bonchev–Trinajstić information content (AvgIpc) is 3.56. The standard InChI is InChI=1S/C29H32Cl2FN7O2S.2C4H4O4/c1-37-10-12-38(13-11-37)20-4-6-21(7-5-20)39-16-22(27-28(33)34-17-35-29(27)39)18-2-8-25(24(32)14-18)36-42(40,41)26-9-3-19(30)15-23(26)31;2*5-3(6)1-2-4(7)8/h2-3,8-9,14-17,20-21,36H,4-7,10-13H2,1H3,(H2,33,34,35);2*1-2H,(H,5,6)(H,7,8)/p-1/b;2*2-1-. The number of nitrogens with one attached hydrogen (secondary N) is 2. The molecule has 6 N–H and O–H groups in total. The van der Waals surface area contributed by atoms with E-state index in [-0.39, 0.29) is 21.6 Å². The number of sulfonamides is 1. The van der Waals surface area contributed by atoms with Crippen LogP contribution in [0.5, 0.6) is 0 Å². The van der Waals surface area contributed by atoms with Crippen LogP contribution >= 0.6 is 23.2 Å². The number of rotatable bonds is 10. The molecule has 1 aliphatic heterocycles. The van der Waals surface area contributed by atoms with E-state index in [1.165, 1.54) is 49.7 Å². The second-order valence-corrected chi connectivity index (χ2v) is 15.7. The van der Waals surface area contributed by atoms with E-state index < -0.39 is 39.7 Å². The normalized spacial score (nSPS) is 17.6. The minimum absolute atomic E-state index is 0.0608. The number of nitrogen functional groups attached to an aromatic ring is 1. The Morgan fingerprint density at radius 2 is 1.53 bits per heavy atom. The SMILES string of the molecule is CN1CC[NH+](C2CCC(n3cc(-c4ccc(NS(=O)(=O)c5ccc(Cl)cc5Cl)c(F)c4)c4c(N)ncnc43)CC2)CC1.O=C([O-])/C=C\C(=O)O.O=C([O-])/C=C\C(=O)O. The molecule has 1 saturated carbocycles. The topological polar surface area (TPSA) is 265 Å². The van der Waals surface area contributed by atoms with E-state index in [0.29, 0.717) is 57.7 Å². The molecule has 2 aliphatic rings. The number of carboxylic acid groups (broad SMARTS) is 4. The number of carbonyl (C=O) groups is 4. The van der Waals surface area contributed by atoms with E-state index in [0.717, 1.165) is 44.4 Å². The van der Waals surface area contributed by atoms with Gasteiger partial charge in [0.1, 0.15) is 28.5 Å². The molecule has 0 spiro atoms. The molecule has 2 aromatic carbocycles. The number of nitrogens with zero attached hydrogens (tertiary/aromatic N) is 4. The van der Waals surface area contributed by atoms with Gasteiger partial charge in [-0.2, -0.15) is 0 Å². The predicted molar refractivity (Wildman–Crippen MR) is 208 cm³/mol. The number of quaternary nitrogens is 1. The van der Waals surface area contributed by atoms with Gasteiger partial charge in [0.05, 0.1) is 47.2 Å². The number of anilines is 2. The molecule has 0 amide bonds. The quantitative estimate of drug-likeness (QED) is 0.139. The van der Waals surface area contributed by atoms with Gasteiger partial charge in [-0.3, -0.25) is 9.62 Å². The van der Waals surface area contributed by atoms with Crippen LogP contribution in [0.1, 0.15) is 31.7 Å². The third kappa shape index (κ3) is 12.4. The number of piperazine rings is 1. The number of likely N-dealkylation sites (N-methyl/N-ethyl adjacent to an activating group) is 1. The molecule has 1 aliphatic carbocycles. The fourth-order valence-electron chi connectivity index (χ4n) is 6.62. The van der Waals surface area contributed by atoms with Crippen LogP contribution in [0.3, 0.4) is 0 Å². The number of fused-ring (bicyclic) bond motifs is 1. The van der Waals surface area contributed by atoms with Crippen LogP contribution in [0.25, 0.3) is 22.2 Å². The van der Waals surface area contributed by atoms with Gasteiger partial charge in [-0.15, -0.1) is 0 Å². The zero-order valence-corrected chi connectivity index (χ0v) is 33.1. The lowest BCUT2D eigenvalue weighted by Crippen LogP contribution is -3.18. The van der Waals surface area contributed by atoms with Crippen LogP contribution in [0.15, 0.2) is 78.1 Å². The minimum Gasteiger partial charge on any atom is -0.545 e. The fraction of sp³-hybridized carbons (Fsp3) is 0.297. The molecule has 310 valence electrons. The van der Waals surface area contributed by atoms with Crippen molar-refractivity contribution in [3.8, 4) is 11.1 Å². The Bertz CT molecular complexity index is 2260. The molecule has 0 atom stereocenters. The average molecular weight is 864 g/mol. The summed E-state index contributed by atoms with van der Waals surface area (Å²) in [4.78, 5) is 50.6. The summed E-state index contributed by atoms with van der Waals surface area (Å²) in [6.45, 7) is 4.67. The van der Waals surface area contributed by atoms with E-state index in [4.69, 9.17) is 39.1 Å². The number of carbonyl (C=O) groups excluding carboxylic acids is 2. The maximum atomic E-state index is 15.4. The Balaban J connectivity index is 0.000000393. The molecule has 17 nitrogen and oxygen atoms in total. The fourth-order valence-corrected chi connectivity index (χ4v) is 8.46. The summed E-state index contributed by atoms with van der Waals surface area (Å²) in [7, 11) is -1.97. The van der Waals surface area contributed by atoms with Crippen LogP contribution in [0.2, 0.25) is 10.0 Å². The third-order valence-corrected chi connectivity index (χ3v) is 11.5. The molecule has 21 heteroatoms. The molecule has 0 unspecified atom stereocenters. The molecule has 2 fully saturated rings. The number of halogens is 3. The smallest absolute Gasteiger partial charge is 0.328 e. The summed E-state index contributed by atoms with van der Waals surface area (Å²) in [5.74, 6) is -6.04. The molecule has 6 rings (SSSR count). The summed E-state index contributed by atoms with van der Waals surface area (Å²) < 4.78 is 45.7. The van der Waals surface area contributed by atoms with Crippen molar-refractivity contribution in [2.24, 2.45) is 0 Å². The van der Waals surface area contributed by atoms with Gasteiger partial charge in [-0.25, -0.2) is 32.4 Å². The van der Waals surface area contributed by atoms with Crippen molar-refractivity contribution in [3.05, 3.63) is 89.1 Å². The number of aliphatic carboxylic acids is 4. The van der Waals surface area contributed by atoms with Crippen molar-refractivity contribution in [1.82, 2.24) is 19.4 Å². The highest BCUT2D eigenvalue weighted by Crippen LogP contribution is 2.39. The second-order valence-electron chi connectivity index (χ2n) is 13.2. The number of benzene rings is 2. The summed E-state index contributed by atoms with van der Waals surface area (Å²) in [6, 6.07) is 9.26.